The van der Waals surface area contributed by atoms with Crippen molar-refractivity contribution in [3.05, 3.63) is 77.7 Å². The first-order valence-electron chi connectivity index (χ1n) is 10.9. The van der Waals surface area contributed by atoms with Crippen LogP contribution in [0, 0.1) is 0 Å². The lowest BCUT2D eigenvalue weighted by atomic mass is 10.1. The molecule has 2 heterocycles. The van der Waals surface area contributed by atoms with Gasteiger partial charge in [-0.1, -0.05) is 48.5 Å². The molecular formula is C26H27N3OS. The van der Waals surface area contributed by atoms with Crippen molar-refractivity contribution in [1.29, 1.82) is 0 Å². The van der Waals surface area contributed by atoms with Crippen molar-refractivity contribution in [2.24, 2.45) is 0 Å². The molecular weight excluding hydrogens is 402 g/mol. The van der Waals surface area contributed by atoms with Crippen molar-refractivity contribution in [1.82, 2.24) is 9.88 Å². The number of thiazole rings is 1. The van der Waals surface area contributed by atoms with E-state index in [-0.39, 0.29) is 6.61 Å². The number of hydrogen-bond donors (Lipinski definition) is 2. The SMILES string of the molecule is OC[C@H]1CCCN1CCc1ccc(Nc2nc(-c3ccc4ccccc4c3)cs2)cc1. The second-order valence-corrected chi connectivity index (χ2v) is 9.04. The van der Waals surface area contributed by atoms with Crippen LogP contribution in [0.1, 0.15) is 18.4 Å². The fraction of sp³-hybridized carbons (Fsp3) is 0.269. The van der Waals surface area contributed by atoms with Crippen molar-refractivity contribution >= 4 is 32.9 Å². The van der Waals surface area contributed by atoms with E-state index in [9.17, 15) is 5.11 Å². The summed E-state index contributed by atoms with van der Waals surface area (Å²) in [6, 6.07) is 23.9. The number of anilines is 2. The Balaban J connectivity index is 1.22. The highest BCUT2D eigenvalue weighted by molar-refractivity contribution is 7.14. The average Bonchev–Trinajstić information content (AvgIpc) is 3.47. The van der Waals surface area contributed by atoms with Gasteiger partial charge in [0.05, 0.1) is 12.3 Å². The van der Waals surface area contributed by atoms with E-state index >= 15 is 0 Å². The van der Waals surface area contributed by atoms with Crippen LogP contribution in [0.5, 0.6) is 0 Å². The molecule has 1 aromatic heterocycles. The van der Waals surface area contributed by atoms with E-state index in [2.05, 4.69) is 82.3 Å². The summed E-state index contributed by atoms with van der Waals surface area (Å²) in [5.74, 6) is 0. The summed E-state index contributed by atoms with van der Waals surface area (Å²) >= 11 is 1.63. The Bertz CT molecular complexity index is 1150. The van der Waals surface area contributed by atoms with Crippen LogP contribution < -0.4 is 5.32 Å². The Hall–Kier alpha value is -2.73. The normalized spacial score (nSPS) is 16.7. The van der Waals surface area contributed by atoms with E-state index in [4.69, 9.17) is 4.98 Å². The van der Waals surface area contributed by atoms with Crippen molar-refractivity contribution in [3.8, 4) is 11.3 Å². The minimum atomic E-state index is 0.276. The van der Waals surface area contributed by atoms with E-state index in [1.165, 1.54) is 22.8 Å². The molecule has 5 heteroatoms. The van der Waals surface area contributed by atoms with Gasteiger partial charge in [-0.15, -0.1) is 11.3 Å². The molecule has 4 aromatic rings. The molecule has 0 amide bonds. The first-order chi connectivity index (χ1) is 15.3. The van der Waals surface area contributed by atoms with Crippen LogP contribution in [-0.4, -0.2) is 40.7 Å². The van der Waals surface area contributed by atoms with E-state index in [0.29, 0.717) is 6.04 Å². The lowest BCUT2D eigenvalue weighted by molar-refractivity contribution is 0.160. The molecule has 2 N–H and O–H groups in total. The highest BCUT2D eigenvalue weighted by atomic mass is 32.1. The molecule has 1 aliphatic heterocycles. The van der Waals surface area contributed by atoms with Crippen LogP contribution in [0.25, 0.3) is 22.0 Å². The molecule has 0 bridgehead atoms. The number of aromatic nitrogens is 1. The predicted molar refractivity (Wildman–Crippen MR) is 130 cm³/mol. The molecule has 0 aliphatic carbocycles. The topological polar surface area (TPSA) is 48.4 Å². The van der Waals surface area contributed by atoms with E-state index in [0.717, 1.165) is 48.0 Å². The lowest BCUT2D eigenvalue weighted by Crippen LogP contribution is -2.33. The van der Waals surface area contributed by atoms with E-state index < -0.39 is 0 Å². The Labute approximate surface area is 187 Å². The fourth-order valence-electron chi connectivity index (χ4n) is 4.36. The van der Waals surface area contributed by atoms with Gasteiger partial charge in [0.25, 0.3) is 0 Å². The van der Waals surface area contributed by atoms with Crippen LogP contribution in [0.15, 0.2) is 72.1 Å². The molecule has 0 spiro atoms. The molecule has 5 rings (SSSR count). The number of nitrogens with zero attached hydrogens (tertiary/aromatic N) is 2. The average molecular weight is 430 g/mol. The molecule has 3 aromatic carbocycles. The molecule has 1 atom stereocenters. The van der Waals surface area contributed by atoms with E-state index in [1.54, 1.807) is 11.3 Å². The number of hydrogen-bond acceptors (Lipinski definition) is 5. The standard InChI is InChI=1S/C26H27N3OS/c30-17-24-6-3-14-29(24)15-13-19-7-11-23(12-8-19)27-26-28-25(18-31-26)22-10-9-20-4-1-2-5-21(20)16-22/h1-2,4-5,7-12,16,18,24,30H,3,6,13-15,17H2,(H,27,28)/t24-/m1/s1. The molecule has 1 fully saturated rings. The quantitative estimate of drug-likeness (QED) is 0.395. The van der Waals surface area contributed by atoms with Crippen molar-refractivity contribution < 1.29 is 5.11 Å². The van der Waals surface area contributed by atoms with Gasteiger partial charge >= 0.3 is 0 Å². The third-order valence-electron chi connectivity index (χ3n) is 6.15. The molecule has 31 heavy (non-hydrogen) atoms. The highest BCUT2D eigenvalue weighted by Gasteiger charge is 2.22. The van der Waals surface area contributed by atoms with Crippen LogP contribution in [0.3, 0.4) is 0 Å². The fourth-order valence-corrected chi connectivity index (χ4v) is 5.10. The Kier molecular flexibility index (Phi) is 5.98. The Morgan fingerprint density at radius 1 is 1.03 bits per heavy atom. The minimum absolute atomic E-state index is 0.276. The number of benzene rings is 3. The van der Waals surface area contributed by atoms with Gasteiger partial charge in [-0.05, 0) is 60.3 Å². The summed E-state index contributed by atoms with van der Waals surface area (Å²) in [6.45, 7) is 2.39. The van der Waals surface area contributed by atoms with Gasteiger partial charge in [-0.3, -0.25) is 4.90 Å². The van der Waals surface area contributed by atoms with Gasteiger partial charge < -0.3 is 10.4 Å². The maximum atomic E-state index is 9.48. The number of aliphatic hydroxyl groups excluding tert-OH is 1. The summed E-state index contributed by atoms with van der Waals surface area (Å²) in [4.78, 5) is 7.20. The summed E-state index contributed by atoms with van der Waals surface area (Å²) in [6.07, 6.45) is 3.33. The summed E-state index contributed by atoms with van der Waals surface area (Å²) < 4.78 is 0. The largest absolute Gasteiger partial charge is 0.395 e. The lowest BCUT2D eigenvalue weighted by Gasteiger charge is -2.22. The highest BCUT2D eigenvalue weighted by Crippen LogP contribution is 2.29. The van der Waals surface area contributed by atoms with Gasteiger partial charge in [-0.2, -0.15) is 0 Å². The third kappa shape index (κ3) is 4.64. The maximum Gasteiger partial charge on any atom is 0.187 e. The number of nitrogens with one attached hydrogen (secondary N) is 1. The zero-order valence-electron chi connectivity index (χ0n) is 17.5. The number of rotatable bonds is 7. The summed E-state index contributed by atoms with van der Waals surface area (Å²) in [5, 5.41) is 18.4. The second kappa shape index (κ2) is 9.18. The van der Waals surface area contributed by atoms with Crippen molar-refractivity contribution in [2.45, 2.75) is 25.3 Å². The first kappa shape index (κ1) is 20.2. The summed E-state index contributed by atoms with van der Waals surface area (Å²) in [7, 11) is 0. The van der Waals surface area contributed by atoms with E-state index in [1.807, 2.05) is 0 Å². The smallest absolute Gasteiger partial charge is 0.187 e. The van der Waals surface area contributed by atoms with Gasteiger partial charge in [-0.25, -0.2) is 4.98 Å². The predicted octanol–water partition coefficient (Wildman–Crippen LogP) is 5.71. The second-order valence-electron chi connectivity index (χ2n) is 8.19. The van der Waals surface area contributed by atoms with Crippen LogP contribution in [0.4, 0.5) is 10.8 Å². The molecule has 1 saturated heterocycles. The zero-order chi connectivity index (χ0) is 21.0. The molecule has 0 radical (unpaired) electrons. The van der Waals surface area contributed by atoms with Gasteiger partial charge in [0, 0.05) is 29.2 Å². The monoisotopic (exact) mass is 429 g/mol. The molecule has 0 saturated carbocycles. The van der Waals surface area contributed by atoms with Gasteiger partial charge in [0.1, 0.15) is 0 Å². The minimum Gasteiger partial charge on any atom is -0.395 e. The third-order valence-corrected chi connectivity index (χ3v) is 6.91. The molecule has 158 valence electrons. The molecule has 4 nitrogen and oxygen atoms in total. The summed E-state index contributed by atoms with van der Waals surface area (Å²) in [5.41, 5.74) is 4.52. The first-order valence-corrected chi connectivity index (χ1v) is 11.8. The number of fused-ring (bicyclic) bond motifs is 1. The van der Waals surface area contributed by atoms with Crippen LogP contribution in [-0.2, 0) is 6.42 Å². The van der Waals surface area contributed by atoms with Crippen LogP contribution >= 0.6 is 11.3 Å². The van der Waals surface area contributed by atoms with Crippen molar-refractivity contribution in [3.63, 3.8) is 0 Å². The maximum absolute atomic E-state index is 9.48. The number of likely N-dealkylation sites (tertiary alicyclic amines) is 1. The molecule has 1 aliphatic rings. The van der Waals surface area contributed by atoms with Gasteiger partial charge in [0.2, 0.25) is 0 Å². The molecule has 0 unspecified atom stereocenters. The Morgan fingerprint density at radius 3 is 2.71 bits per heavy atom. The van der Waals surface area contributed by atoms with Gasteiger partial charge in [0.15, 0.2) is 5.13 Å². The zero-order valence-corrected chi connectivity index (χ0v) is 18.3. The number of aliphatic hydroxyl groups is 1. The van der Waals surface area contributed by atoms with Crippen LogP contribution in [0.2, 0.25) is 0 Å². The van der Waals surface area contributed by atoms with Crippen molar-refractivity contribution in [2.75, 3.05) is 25.0 Å². The Morgan fingerprint density at radius 2 is 1.87 bits per heavy atom.